The van der Waals surface area contributed by atoms with E-state index >= 15 is 0 Å². The minimum Gasteiger partial charge on any atom is -0.318 e. The van der Waals surface area contributed by atoms with E-state index in [1.54, 1.807) is 17.8 Å². The van der Waals surface area contributed by atoms with E-state index in [9.17, 15) is 10.1 Å². The topological polar surface area (TPSA) is 81.2 Å². The number of aryl methyl sites for hydroxylation is 1. The molecule has 0 amide bonds. The highest BCUT2D eigenvalue weighted by molar-refractivity contribution is 7.97. The van der Waals surface area contributed by atoms with Crippen molar-refractivity contribution < 1.29 is 4.92 Å². The number of nitrogens with two attached hydrogens (primary N) is 1. The predicted molar refractivity (Wildman–Crippen MR) is 87.1 cm³/mol. The third-order valence-corrected chi connectivity index (χ3v) is 4.13. The Balaban J connectivity index is 2.06. The van der Waals surface area contributed by atoms with E-state index in [4.69, 9.17) is 5.84 Å². The summed E-state index contributed by atoms with van der Waals surface area (Å²) < 4.78 is 0. The first kappa shape index (κ1) is 15.3. The molecule has 2 aromatic carbocycles. The van der Waals surface area contributed by atoms with Gasteiger partial charge in [-0.15, -0.1) is 0 Å². The SMILES string of the molecule is Cc1cccc(CSCc2cccc([N+](=O)[O-])c2NN)c1. The quantitative estimate of drug-likeness (QED) is 0.484. The Morgan fingerprint density at radius 2 is 2.00 bits per heavy atom. The lowest BCUT2D eigenvalue weighted by Gasteiger charge is -2.09. The first-order valence-electron chi connectivity index (χ1n) is 6.48. The molecular formula is C15H17N3O2S. The highest BCUT2D eigenvalue weighted by Crippen LogP contribution is 2.30. The Bertz CT molecular complexity index is 647. The van der Waals surface area contributed by atoms with Gasteiger partial charge in [0.15, 0.2) is 0 Å². The van der Waals surface area contributed by atoms with Gasteiger partial charge in [-0.2, -0.15) is 11.8 Å². The number of nitro benzene ring substituents is 1. The molecule has 0 radical (unpaired) electrons. The Labute approximate surface area is 127 Å². The Kier molecular flexibility index (Phi) is 5.19. The van der Waals surface area contributed by atoms with Crippen LogP contribution >= 0.6 is 11.8 Å². The van der Waals surface area contributed by atoms with Crippen molar-refractivity contribution in [1.29, 1.82) is 0 Å². The zero-order valence-electron chi connectivity index (χ0n) is 11.7. The number of benzene rings is 2. The number of thioether (sulfide) groups is 1. The summed E-state index contributed by atoms with van der Waals surface area (Å²) in [6, 6.07) is 13.3. The molecule has 0 spiro atoms. The maximum atomic E-state index is 11.0. The van der Waals surface area contributed by atoms with Crippen molar-refractivity contribution in [3.05, 3.63) is 69.3 Å². The fourth-order valence-corrected chi connectivity index (χ4v) is 3.08. The number of nitro groups is 1. The van der Waals surface area contributed by atoms with Crippen LogP contribution in [0.5, 0.6) is 0 Å². The van der Waals surface area contributed by atoms with E-state index in [0.717, 1.165) is 11.3 Å². The van der Waals surface area contributed by atoms with Crippen LogP contribution in [-0.2, 0) is 11.5 Å². The summed E-state index contributed by atoms with van der Waals surface area (Å²) in [5.41, 5.74) is 6.15. The van der Waals surface area contributed by atoms with Crippen LogP contribution in [0.2, 0.25) is 0 Å². The minimum atomic E-state index is -0.427. The Morgan fingerprint density at radius 1 is 1.24 bits per heavy atom. The summed E-state index contributed by atoms with van der Waals surface area (Å²) in [4.78, 5) is 10.5. The van der Waals surface area contributed by atoms with Crippen molar-refractivity contribution in [1.82, 2.24) is 0 Å². The molecule has 110 valence electrons. The fourth-order valence-electron chi connectivity index (χ4n) is 2.11. The highest BCUT2D eigenvalue weighted by atomic mass is 32.2. The van der Waals surface area contributed by atoms with Crippen molar-refractivity contribution in [3.63, 3.8) is 0 Å². The van der Waals surface area contributed by atoms with Crippen LogP contribution in [-0.4, -0.2) is 4.92 Å². The molecule has 0 unspecified atom stereocenters. The first-order chi connectivity index (χ1) is 10.1. The maximum absolute atomic E-state index is 11.0. The molecule has 0 aliphatic rings. The summed E-state index contributed by atoms with van der Waals surface area (Å²) in [6.45, 7) is 2.06. The number of anilines is 1. The van der Waals surface area contributed by atoms with Crippen molar-refractivity contribution in [2.24, 2.45) is 5.84 Å². The summed E-state index contributed by atoms with van der Waals surface area (Å²) in [7, 11) is 0. The van der Waals surface area contributed by atoms with Crippen LogP contribution < -0.4 is 11.3 Å². The molecule has 0 heterocycles. The molecule has 0 aromatic heterocycles. The van der Waals surface area contributed by atoms with E-state index in [1.165, 1.54) is 17.2 Å². The molecule has 0 fully saturated rings. The molecule has 0 atom stereocenters. The Hall–Kier alpha value is -2.05. The molecule has 0 saturated carbocycles. The zero-order valence-corrected chi connectivity index (χ0v) is 12.5. The second-order valence-corrected chi connectivity index (χ2v) is 5.68. The van der Waals surface area contributed by atoms with Gasteiger partial charge < -0.3 is 5.43 Å². The molecule has 2 rings (SSSR count). The molecule has 0 aliphatic heterocycles. The van der Waals surface area contributed by atoms with Crippen LogP contribution in [0.1, 0.15) is 16.7 Å². The van der Waals surface area contributed by atoms with Gasteiger partial charge in [-0.1, -0.05) is 42.0 Å². The average molecular weight is 303 g/mol. The first-order valence-corrected chi connectivity index (χ1v) is 7.63. The van der Waals surface area contributed by atoms with Gasteiger partial charge >= 0.3 is 0 Å². The largest absolute Gasteiger partial charge is 0.318 e. The normalized spacial score (nSPS) is 10.4. The van der Waals surface area contributed by atoms with E-state index in [0.29, 0.717) is 11.4 Å². The number of para-hydroxylation sites is 1. The zero-order chi connectivity index (χ0) is 15.2. The predicted octanol–water partition coefficient (Wildman–Crippen LogP) is 3.62. The highest BCUT2D eigenvalue weighted by Gasteiger charge is 2.16. The minimum absolute atomic E-state index is 0.00570. The molecule has 6 heteroatoms. The number of hydrogen-bond acceptors (Lipinski definition) is 5. The van der Waals surface area contributed by atoms with Crippen LogP contribution in [0.15, 0.2) is 42.5 Å². The third kappa shape index (κ3) is 3.96. The molecule has 5 nitrogen and oxygen atoms in total. The van der Waals surface area contributed by atoms with Gasteiger partial charge in [-0.3, -0.25) is 16.0 Å². The van der Waals surface area contributed by atoms with E-state index in [-0.39, 0.29) is 5.69 Å². The molecule has 0 aliphatic carbocycles. The van der Waals surface area contributed by atoms with Gasteiger partial charge in [0.2, 0.25) is 0 Å². The van der Waals surface area contributed by atoms with E-state index in [1.807, 2.05) is 12.1 Å². The lowest BCUT2D eigenvalue weighted by molar-refractivity contribution is -0.384. The van der Waals surface area contributed by atoms with E-state index in [2.05, 4.69) is 30.5 Å². The number of nitrogens with one attached hydrogen (secondary N) is 1. The van der Waals surface area contributed by atoms with Gasteiger partial charge in [0.05, 0.1) is 4.92 Å². The van der Waals surface area contributed by atoms with Crippen molar-refractivity contribution in [3.8, 4) is 0 Å². The van der Waals surface area contributed by atoms with Crippen molar-refractivity contribution >= 4 is 23.1 Å². The monoisotopic (exact) mass is 303 g/mol. The van der Waals surface area contributed by atoms with Crippen LogP contribution in [0.25, 0.3) is 0 Å². The number of nitrogens with zero attached hydrogens (tertiary/aromatic N) is 1. The second kappa shape index (κ2) is 7.10. The van der Waals surface area contributed by atoms with E-state index < -0.39 is 4.92 Å². The smallest absolute Gasteiger partial charge is 0.293 e. The maximum Gasteiger partial charge on any atom is 0.293 e. The number of nitrogen functional groups attached to an aromatic ring is 1. The number of rotatable bonds is 6. The van der Waals surface area contributed by atoms with Crippen molar-refractivity contribution in [2.75, 3.05) is 5.43 Å². The summed E-state index contributed by atoms with van der Waals surface area (Å²) in [5, 5.41) is 11.0. The molecule has 0 bridgehead atoms. The van der Waals surface area contributed by atoms with Crippen LogP contribution in [0, 0.1) is 17.0 Å². The molecule has 3 N–H and O–H groups in total. The number of hydrazine groups is 1. The second-order valence-electron chi connectivity index (χ2n) is 4.69. The van der Waals surface area contributed by atoms with Crippen LogP contribution in [0.3, 0.4) is 0 Å². The summed E-state index contributed by atoms with van der Waals surface area (Å²) in [6.07, 6.45) is 0. The lowest BCUT2D eigenvalue weighted by atomic mass is 10.2. The summed E-state index contributed by atoms with van der Waals surface area (Å²) in [5.74, 6) is 6.95. The standard InChI is InChI=1S/C15H17N3O2S/c1-11-4-2-5-12(8-11)9-21-10-13-6-3-7-14(18(19)20)15(13)17-16/h2-8,17H,9-10,16H2,1H3. The Morgan fingerprint density at radius 3 is 2.67 bits per heavy atom. The van der Waals surface area contributed by atoms with Gasteiger partial charge in [0.1, 0.15) is 5.69 Å². The van der Waals surface area contributed by atoms with Gasteiger partial charge in [-0.05, 0) is 18.1 Å². The average Bonchev–Trinajstić information content (AvgIpc) is 2.47. The van der Waals surface area contributed by atoms with Crippen molar-refractivity contribution in [2.45, 2.75) is 18.4 Å². The summed E-state index contributed by atoms with van der Waals surface area (Å²) >= 11 is 1.70. The molecular weight excluding hydrogens is 286 g/mol. The van der Waals surface area contributed by atoms with Crippen LogP contribution in [0.4, 0.5) is 11.4 Å². The molecule has 21 heavy (non-hydrogen) atoms. The fraction of sp³-hybridized carbons (Fsp3) is 0.200. The van der Waals surface area contributed by atoms with Gasteiger partial charge in [-0.25, -0.2) is 0 Å². The molecule has 0 saturated heterocycles. The third-order valence-electron chi connectivity index (χ3n) is 3.08. The number of hydrogen-bond donors (Lipinski definition) is 2. The lowest BCUT2D eigenvalue weighted by Crippen LogP contribution is -2.11. The molecule has 2 aromatic rings. The van der Waals surface area contributed by atoms with Gasteiger partial charge in [0, 0.05) is 17.6 Å². The van der Waals surface area contributed by atoms with Gasteiger partial charge in [0.25, 0.3) is 5.69 Å².